The number of amides is 1. The quantitative estimate of drug-likeness (QED) is 0.554. The fraction of sp³-hybridized carbons (Fsp3) is 0.750. The van der Waals surface area contributed by atoms with E-state index in [9.17, 15) is 4.79 Å². The molecule has 0 bridgehead atoms. The molecule has 8 heavy (non-hydrogen) atoms. The topological polar surface area (TPSA) is 43.1 Å². The average molecular weight is 154 g/mol. The SMILES string of the molecule is NC(=O)[C@@H]1CC1(Cl)Cl. The predicted molar refractivity (Wildman–Crippen MR) is 31.7 cm³/mol. The van der Waals surface area contributed by atoms with Crippen molar-refractivity contribution in [2.45, 2.75) is 10.8 Å². The van der Waals surface area contributed by atoms with Crippen molar-refractivity contribution in [3.05, 3.63) is 0 Å². The van der Waals surface area contributed by atoms with E-state index in [-0.39, 0.29) is 5.92 Å². The van der Waals surface area contributed by atoms with Crippen LogP contribution in [0.2, 0.25) is 0 Å². The lowest BCUT2D eigenvalue weighted by atomic mass is 10.4. The van der Waals surface area contributed by atoms with Gasteiger partial charge < -0.3 is 5.73 Å². The number of rotatable bonds is 1. The summed E-state index contributed by atoms with van der Waals surface area (Å²) in [5, 5.41) is 0. The highest BCUT2D eigenvalue weighted by Gasteiger charge is 2.55. The lowest BCUT2D eigenvalue weighted by molar-refractivity contribution is -0.119. The molecule has 0 unspecified atom stereocenters. The van der Waals surface area contributed by atoms with Crippen LogP contribution in [0.1, 0.15) is 6.42 Å². The summed E-state index contributed by atoms with van der Waals surface area (Å²) in [6, 6.07) is 0. The van der Waals surface area contributed by atoms with Crippen LogP contribution in [0.15, 0.2) is 0 Å². The monoisotopic (exact) mass is 153 g/mol. The third kappa shape index (κ3) is 0.906. The second kappa shape index (κ2) is 1.52. The molecule has 0 aromatic heterocycles. The van der Waals surface area contributed by atoms with E-state index in [4.69, 9.17) is 28.9 Å². The van der Waals surface area contributed by atoms with Gasteiger partial charge in [-0.05, 0) is 6.42 Å². The van der Waals surface area contributed by atoms with E-state index in [1.807, 2.05) is 0 Å². The third-order valence-electron chi connectivity index (χ3n) is 1.17. The first-order valence-corrected chi connectivity index (χ1v) is 2.97. The van der Waals surface area contributed by atoms with Crippen molar-refractivity contribution in [3.63, 3.8) is 0 Å². The second-order valence-corrected chi connectivity index (χ2v) is 3.46. The Labute approximate surface area is 56.9 Å². The highest BCUT2D eigenvalue weighted by atomic mass is 35.5. The molecule has 0 heterocycles. The number of nitrogens with two attached hydrogens (primary N) is 1. The molecule has 1 aliphatic carbocycles. The van der Waals surface area contributed by atoms with Crippen LogP contribution in [0, 0.1) is 5.92 Å². The summed E-state index contributed by atoms with van der Waals surface area (Å²) < 4.78 is -0.841. The van der Waals surface area contributed by atoms with Gasteiger partial charge in [-0.1, -0.05) is 0 Å². The second-order valence-electron chi connectivity index (χ2n) is 1.92. The molecule has 0 radical (unpaired) electrons. The molecule has 1 atom stereocenters. The van der Waals surface area contributed by atoms with Crippen molar-refractivity contribution in [1.82, 2.24) is 0 Å². The minimum Gasteiger partial charge on any atom is -0.369 e. The predicted octanol–water partition coefficient (Wildman–Crippen LogP) is 0.665. The van der Waals surface area contributed by atoms with E-state index in [0.29, 0.717) is 6.42 Å². The minimum atomic E-state index is -0.841. The zero-order chi connectivity index (χ0) is 6.36. The standard InChI is InChI=1S/C4H5Cl2NO/c5-4(6)1-2(4)3(7)8/h2H,1H2,(H2,7,8)/t2-/m0/s1. The molecule has 46 valence electrons. The van der Waals surface area contributed by atoms with Crippen LogP contribution >= 0.6 is 23.2 Å². The van der Waals surface area contributed by atoms with Gasteiger partial charge in [-0.3, -0.25) is 4.79 Å². The van der Waals surface area contributed by atoms with Crippen LogP contribution < -0.4 is 5.73 Å². The van der Waals surface area contributed by atoms with Crippen molar-refractivity contribution in [2.75, 3.05) is 0 Å². The zero-order valence-electron chi connectivity index (χ0n) is 4.03. The van der Waals surface area contributed by atoms with E-state index >= 15 is 0 Å². The van der Waals surface area contributed by atoms with Gasteiger partial charge in [0.2, 0.25) is 5.91 Å². The molecule has 1 rings (SSSR count). The molecule has 1 fully saturated rings. The molecule has 1 saturated carbocycles. The van der Waals surface area contributed by atoms with Gasteiger partial charge >= 0.3 is 0 Å². The van der Waals surface area contributed by atoms with Gasteiger partial charge in [0.15, 0.2) is 0 Å². The van der Waals surface area contributed by atoms with Gasteiger partial charge in [-0.2, -0.15) is 0 Å². The van der Waals surface area contributed by atoms with Crippen molar-refractivity contribution >= 4 is 29.1 Å². The Kier molecular flexibility index (Phi) is 1.17. The normalized spacial score (nSPS) is 32.0. The molecule has 0 aromatic rings. The zero-order valence-corrected chi connectivity index (χ0v) is 5.54. The Balaban J connectivity index is 2.48. The minimum absolute atomic E-state index is 0.314. The number of carbonyl (C=O) groups is 1. The van der Waals surface area contributed by atoms with Crippen LogP contribution in [0.5, 0.6) is 0 Å². The Morgan fingerprint density at radius 2 is 2.12 bits per heavy atom. The molecule has 1 aliphatic rings. The van der Waals surface area contributed by atoms with Gasteiger partial charge in [-0.15, -0.1) is 23.2 Å². The van der Waals surface area contributed by atoms with Crippen molar-refractivity contribution in [3.8, 4) is 0 Å². The van der Waals surface area contributed by atoms with E-state index in [2.05, 4.69) is 0 Å². The number of hydrogen-bond donors (Lipinski definition) is 1. The molecule has 0 spiro atoms. The van der Waals surface area contributed by atoms with E-state index in [0.717, 1.165) is 0 Å². The summed E-state index contributed by atoms with van der Waals surface area (Å²) in [5.41, 5.74) is 4.87. The Morgan fingerprint density at radius 3 is 2.12 bits per heavy atom. The fourth-order valence-electron chi connectivity index (χ4n) is 0.522. The van der Waals surface area contributed by atoms with E-state index in [1.165, 1.54) is 0 Å². The molecule has 1 amide bonds. The van der Waals surface area contributed by atoms with Crippen LogP contribution in [0.25, 0.3) is 0 Å². The van der Waals surface area contributed by atoms with Crippen LogP contribution in [-0.4, -0.2) is 10.2 Å². The first kappa shape index (κ1) is 6.17. The van der Waals surface area contributed by atoms with Crippen LogP contribution in [0.4, 0.5) is 0 Å². The Morgan fingerprint density at radius 1 is 1.75 bits per heavy atom. The summed E-state index contributed by atoms with van der Waals surface area (Å²) in [5.74, 6) is -0.721. The van der Waals surface area contributed by atoms with Crippen molar-refractivity contribution in [1.29, 1.82) is 0 Å². The molecule has 2 N–H and O–H groups in total. The maximum Gasteiger partial charge on any atom is 0.223 e. The van der Waals surface area contributed by atoms with Crippen LogP contribution in [0.3, 0.4) is 0 Å². The lowest BCUT2D eigenvalue weighted by Crippen LogP contribution is -2.16. The fourth-order valence-corrected chi connectivity index (χ4v) is 1.05. The number of alkyl halides is 2. The molecule has 4 heteroatoms. The smallest absolute Gasteiger partial charge is 0.223 e. The number of halogens is 2. The molecule has 0 saturated heterocycles. The number of carbonyl (C=O) groups excluding carboxylic acids is 1. The average Bonchev–Trinajstić information content (AvgIpc) is 2.13. The summed E-state index contributed by atoms with van der Waals surface area (Å²) in [4.78, 5) is 10.2. The lowest BCUT2D eigenvalue weighted by Gasteiger charge is -1.90. The maximum absolute atomic E-state index is 10.2. The molecule has 0 aliphatic heterocycles. The van der Waals surface area contributed by atoms with E-state index < -0.39 is 10.2 Å². The first-order valence-electron chi connectivity index (χ1n) is 2.21. The Hall–Kier alpha value is 0.0500. The van der Waals surface area contributed by atoms with Gasteiger partial charge in [0, 0.05) is 0 Å². The number of primary amides is 1. The summed E-state index contributed by atoms with van der Waals surface area (Å²) in [6.07, 6.45) is 0.505. The van der Waals surface area contributed by atoms with Crippen molar-refractivity contribution in [2.24, 2.45) is 11.7 Å². The van der Waals surface area contributed by atoms with Gasteiger partial charge in [0.25, 0.3) is 0 Å². The highest BCUT2D eigenvalue weighted by molar-refractivity contribution is 6.52. The summed E-state index contributed by atoms with van der Waals surface area (Å²) >= 11 is 10.9. The first-order chi connectivity index (χ1) is 3.54. The summed E-state index contributed by atoms with van der Waals surface area (Å²) in [6.45, 7) is 0. The van der Waals surface area contributed by atoms with E-state index in [1.54, 1.807) is 0 Å². The van der Waals surface area contributed by atoms with Crippen LogP contribution in [-0.2, 0) is 4.79 Å². The summed E-state index contributed by atoms with van der Waals surface area (Å²) in [7, 11) is 0. The number of hydrogen-bond acceptors (Lipinski definition) is 1. The molecule has 2 nitrogen and oxygen atoms in total. The van der Waals surface area contributed by atoms with Gasteiger partial charge in [0.05, 0.1) is 5.92 Å². The third-order valence-corrected chi connectivity index (χ3v) is 2.00. The molecular formula is C4H5Cl2NO. The van der Waals surface area contributed by atoms with Crippen molar-refractivity contribution < 1.29 is 4.79 Å². The Bertz CT molecular complexity index is 134. The highest BCUT2D eigenvalue weighted by Crippen LogP contribution is 2.52. The maximum atomic E-state index is 10.2. The van der Waals surface area contributed by atoms with Gasteiger partial charge in [-0.25, -0.2) is 0 Å². The van der Waals surface area contributed by atoms with Gasteiger partial charge in [0.1, 0.15) is 4.33 Å². The molecular weight excluding hydrogens is 149 g/mol. The largest absolute Gasteiger partial charge is 0.369 e. The molecule has 0 aromatic carbocycles.